The second kappa shape index (κ2) is 19.5. The van der Waals surface area contributed by atoms with Crippen LogP contribution in [0.2, 0.25) is 0 Å². The SMILES string of the molecule is COc1cc(C(=O)N2CC(O)C[C@@H]2c2cccc(C(=O)NC3CC3)c2)ccc1Br.COc1cc(C(=O)N2CC(O)C[C@@H]2c2cccc(C(=O)O)c2)ccc1Br.NC1CC1. The lowest BCUT2D eigenvalue weighted by molar-refractivity contribution is 0.0693. The van der Waals surface area contributed by atoms with Crippen molar-refractivity contribution >= 4 is 55.6 Å². The normalized spacial score (nSPS) is 20.7. The molecule has 0 spiro atoms. The Morgan fingerprint density at radius 2 is 1.10 bits per heavy atom. The number of nitrogens with two attached hydrogens (primary N) is 1. The van der Waals surface area contributed by atoms with Crippen LogP contribution in [0.3, 0.4) is 0 Å². The number of carboxylic acids is 1. The third kappa shape index (κ3) is 11.3. The number of β-amino-alcohol motifs (C(OH)–C–C–N with tert-alkyl or cyclic N) is 2. The number of hydrogen-bond acceptors (Lipinski definition) is 9. The monoisotopic (exact) mass is 934 g/mol. The predicted molar refractivity (Wildman–Crippen MR) is 228 cm³/mol. The lowest BCUT2D eigenvalue weighted by Crippen LogP contribution is -2.32. The maximum Gasteiger partial charge on any atom is 0.335 e. The lowest BCUT2D eigenvalue weighted by Gasteiger charge is -2.25. The number of amides is 3. The van der Waals surface area contributed by atoms with Crippen LogP contribution in [0.25, 0.3) is 0 Å². The molecule has 59 heavy (non-hydrogen) atoms. The Labute approximate surface area is 359 Å². The molecule has 4 atom stereocenters. The largest absolute Gasteiger partial charge is 0.496 e. The van der Waals surface area contributed by atoms with Crippen molar-refractivity contribution in [3.63, 3.8) is 0 Å². The minimum Gasteiger partial charge on any atom is -0.496 e. The van der Waals surface area contributed by atoms with Gasteiger partial charge in [-0.1, -0.05) is 24.3 Å². The summed E-state index contributed by atoms with van der Waals surface area (Å²) in [4.78, 5) is 53.1. The smallest absolute Gasteiger partial charge is 0.335 e. The molecule has 2 aliphatic heterocycles. The van der Waals surface area contributed by atoms with E-state index in [1.54, 1.807) is 77.6 Å². The van der Waals surface area contributed by atoms with E-state index in [9.17, 15) is 34.5 Å². The average Bonchev–Trinajstić information content (AvgIpc) is 4.15. The molecule has 312 valence electrons. The van der Waals surface area contributed by atoms with E-state index in [4.69, 9.17) is 15.2 Å². The van der Waals surface area contributed by atoms with Gasteiger partial charge < -0.3 is 45.6 Å². The van der Waals surface area contributed by atoms with Gasteiger partial charge in [-0.15, -0.1) is 0 Å². The molecule has 4 aromatic rings. The number of nitrogens with one attached hydrogen (secondary N) is 1. The third-order valence-corrected chi connectivity index (χ3v) is 11.8. The Bertz CT molecular complexity index is 2180. The van der Waals surface area contributed by atoms with E-state index in [0.717, 1.165) is 27.4 Å². The molecule has 8 rings (SSSR count). The Morgan fingerprint density at radius 3 is 1.51 bits per heavy atom. The molecule has 2 unspecified atom stereocenters. The van der Waals surface area contributed by atoms with Gasteiger partial charge in [0, 0.05) is 41.9 Å². The molecule has 15 heteroatoms. The van der Waals surface area contributed by atoms with E-state index in [0.29, 0.717) is 52.6 Å². The topological polar surface area (TPSA) is 192 Å². The summed E-state index contributed by atoms with van der Waals surface area (Å²) in [6.45, 7) is 0.444. The number of ether oxygens (including phenoxy) is 2. The third-order valence-electron chi connectivity index (χ3n) is 10.5. The summed E-state index contributed by atoms with van der Waals surface area (Å²) in [5, 5.41) is 32.6. The van der Waals surface area contributed by atoms with Crippen molar-refractivity contribution in [2.75, 3.05) is 27.3 Å². The zero-order chi connectivity index (χ0) is 42.4. The molecule has 4 aliphatic rings. The maximum atomic E-state index is 13.2. The number of aliphatic hydroxyl groups excluding tert-OH is 2. The quantitative estimate of drug-likeness (QED) is 0.124. The number of hydrogen-bond donors (Lipinski definition) is 5. The molecule has 2 heterocycles. The molecular weight excluding hydrogens is 888 g/mol. The van der Waals surface area contributed by atoms with Crippen molar-refractivity contribution < 1.29 is 44.0 Å². The highest BCUT2D eigenvalue weighted by atomic mass is 79.9. The van der Waals surface area contributed by atoms with Crippen LogP contribution in [0.4, 0.5) is 0 Å². The number of carbonyl (C=O) groups excluding carboxylic acids is 3. The van der Waals surface area contributed by atoms with Gasteiger partial charge in [-0.25, -0.2) is 4.79 Å². The van der Waals surface area contributed by atoms with Gasteiger partial charge in [0.05, 0.1) is 53.0 Å². The predicted octanol–water partition coefficient (Wildman–Crippen LogP) is 6.51. The van der Waals surface area contributed by atoms with Crippen molar-refractivity contribution in [2.24, 2.45) is 5.73 Å². The summed E-state index contributed by atoms with van der Waals surface area (Å²) in [6.07, 6.45) is 4.12. The zero-order valence-corrected chi connectivity index (χ0v) is 35.9. The van der Waals surface area contributed by atoms with E-state index in [2.05, 4.69) is 37.2 Å². The molecule has 13 nitrogen and oxygen atoms in total. The highest BCUT2D eigenvalue weighted by Gasteiger charge is 2.38. The number of methoxy groups -OCH3 is 2. The number of rotatable bonds is 9. The summed E-state index contributed by atoms with van der Waals surface area (Å²) in [5.74, 6) is -0.418. The zero-order valence-electron chi connectivity index (χ0n) is 32.7. The highest BCUT2D eigenvalue weighted by molar-refractivity contribution is 9.10. The van der Waals surface area contributed by atoms with Crippen LogP contribution in [0.5, 0.6) is 11.5 Å². The van der Waals surface area contributed by atoms with Crippen LogP contribution >= 0.6 is 31.9 Å². The summed E-state index contributed by atoms with van der Waals surface area (Å²) in [7, 11) is 3.07. The number of aliphatic hydroxyl groups is 2. The van der Waals surface area contributed by atoms with Crippen molar-refractivity contribution in [2.45, 2.75) is 74.9 Å². The molecule has 2 saturated carbocycles. The van der Waals surface area contributed by atoms with Crippen molar-refractivity contribution in [3.05, 3.63) is 127 Å². The van der Waals surface area contributed by atoms with Gasteiger partial charge in [0.15, 0.2) is 0 Å². The minimum absolute atomic E-state index is 0.0941. The Balaban J connectivity index is 0.000000182. The van der Waals surface area contributed by atoms with Crippen LogP contribution in [-0.2, 0) is 0 Å². The molecule has 0 radical (unpaired) electrons. The van der Waals surface area contributed by atoms with Crippen LogP contribution in [0.1, 0.15) is 103 Å². The number of halogens is 2. The molecular formula is C44H48Br2N4O9. The number of nitrogens with zero attached hydrogens (tertiary/aromatic N) is 2. The first-order valence-corrected chi connectivity index (χ1v) is 21.0. The second-order valence-corrected chi connectivity index (χ2v) is 16.8. The summed E-state index contributed by atoms with van der Waals surface area (Å²) < 4.78 is 12.0. The molecule has 0 bridgehead atoms. The Hall–Kier alpha value is -4.80. The van der Waals surface area contributed by atoms with Gasteiger partial charge in [-0.3, -0.25) is 14.4 Å². The van der Waals surface area contributed by atoms with Crippen LogP contribution in [0.15, 0.2) is 93.9 Å². The molecule has 2 saturated heterocycles. The van der Waals surface area contributed by atoms with E-state index >= 15 is 0 Å². The Morgan fingerprint density at radius 1 is 0.661 bits per heavy atom. The number of carbonyl (C=O) groups is 4. The van der Waals surface area contributed by atoms with Gasteiger partial charge in [0.2, 0.25) is 0 Å². The molecule has 3 amide bonds. The molecule has 4 aromatic carbocycles. The highest BCUT2D eigenvalue weighted by Crippen LogP contribution is 2.37. The van der Waals surface area contributed by atoms with E-state index in [1.165, 1.54) is 26.0 Å². The van der Waals surface area contributed by atoms with Crippen LogP contribution < -0.4 is 20.5 Å². The first-order valence-electron chi connectivity index (χ1n) is 19.4. The first kappa shape index (κ1) is 43.8. The minimum atomic E-state index is -1.03. The van der Waals surface area contributed by atoms with Crippen molar-refractivity contribution in [1.82, 2.24) is 15.1 Å². The fourth-order valence-corrected chi connectivity index (χ4v) is 7.80. The van der Waals surface area contributed by atoms with E-state index < -0.39 is 18.2 Å². The van der Waals surface area contributed by atoms with Crippen molar-refractivity contribution in [3.8, 4) is 11.5 Å². The molecule has 4 fully saturated rings. The number of aromatic carboxylic acids is 1. The lowest BCUT2D eigenvalue weighted by atomic mass is 10.0. The number of carboxylic acid groups (broad SMARTS) is 1. The fraction of sp³-hybridized carbons (Fsp3) is 0.364. The second-order valence-electron chi connectivity index (χ2n) is 15.1. The van der Waals surface area contributed by atoms with Crippen LogP contribution in [-0.4, -0.2) is 100 Å². The van der Waals surface area contributed by atoms with Gasteiger partial charge in [-0.05, 0) is 142 Å². The maximum absolute atomic E-state index is 13.2. The Kier molecular flexibility index (Phi) is 14.5. The molecule has 0 aromatic heterocycles. The average molecular weight is 937 g/mol. The van der Waals surface area contributed by atoms with Gasteiger partial charge >= 0.3 is 5.97 Å². The van der Waals surface area contributed by atoms with E-state index in [1.807, 2.05) is 18.2 Å². The van der Waals surface area contributed by atoms with Gasteiger partial charge in [0.25, 0.3) is 17.7 Å². The van der Waals surface area contributed by atoms with Gasteiger partial charge in [0.1, 0.15) is 11.5 Å². The summed E-state index contributed by atoms with van der Waals surface area (Å²) >= 11 is 6.75. The standard InChI is InChI=1S/C22H23BrN2O4.C19H18BrNO5.C3H7N/c1-29-20-10-15(5-8-18(20)23)22(28)25-12-17(26)11-19(25)13-3-2-4-14(9-13)21(27)24-16-6-7-16;1-26-17-8-12(5-6-15(17)20)18(23)21-10-14(22)9-16(21)11-3-2-4-13(7-11)19(24)25;4-3-1-2-3/h2-5,8-10,16-17,19,26H,6-7,11-12H2,1H3,(H,24,27);2-8,14,16,22H,9-10H2,1H3,(H,24,25);3H,1-2,4H2/t17?,19-;14?,16-;/m11./s1. The van der Waals surface area contributed by atoms with Crippen molar-refractivity contribution in [1.29, 1.82) is 0 Å². The number of likely N-dealkylation sites (tertiary alicyclic amines) is 2. The summed E-state index contributed by atoms with van der Waals surface area (Å²) in [6, 6.07) is 24.2. The van der Waals surface area contributed by atoms with Crippen LogP contribution in [0, 0.1) is 0 Å². The fourth-order valence-electron chi connectivity index (χ4n) is 6.98. The van der Waals surface area contributed by atoms with E-state index in [-0.39, 0.29) is 54.5 Å². The summed E-state index contributed by atoms with van der Waals surface area (Å²) in [5.41, 5.74) is 8.43. The van der Waals surface area contributed by atoms with Gasteiger partial charge in [-0.2, -0.15) is 0 Å². The molecule has 2 aliphatic carbocycles. The number of benzene rings is 4. The molecule has 6 N–H and O–H groups in total. The first-order chi connectivity index (χ1) is 28.3.